The maximum absolute atomic E-state index is 11.9. The van der Waals surface area contributed by atoms with Crippen LogP contribution in [0.2, 0.25) is 0 Å². The molecule has 17 heavy (non-hydrogen) atoms. The summed E-state index contributed by atoms with van der Waals surface area (Å²) in [5.74, 6) is -2.67. The summed E-state index contributed by atoms with van der Waals surface area (Å²) in [6, 6.07) is 0. The van der Waals surface area contributed by atoms with Crippen LogP contribution in [-0.4, -0.2) is 40.9 Å². The highest BCUT2D eigenvalue weighted by molar-refractivity contribution is 5.91. The van der Waals surface area contributed by atoms with E-state index in [0.717, 1.165) is 0 Å². The van der Waals surface area contributed by atoms with Crippen LogP contribution < -0.4 is 5.73 Å². The van der Waals surface area contributed by atoms with E-state index in [-0.39, 0.29) is 18.4 Å². The third-order valence-corrected chi connectivity index (χ3v) is 2.67. The van der Waals surface area contributed by atoms with Gasteiger partial charge < -0.3 is 15.7 Å². The number of nitrogens with two attached hydrogens (primary N) is 1. The topological polar surface area (TPSA) is 101 Å². The van der Waals surface area contributed by atoms with Crippen LogP contribution in [0.25, 0.3) is 0 Å². The summed E-state index contributed by atoms with van der Waals surface area (Å²) in [5, 5.41) is 8.76. The number of rotatable bonds is 6. The quantitative estimate of drug-likeness (QED) is 0.666. The fraction of sp³-hybridized carbons (Fsp3) is 0.727. The van der Waals surface area contributed by atoms with Crippen LogP contribution in [0.15, 0.2) is 0 Å². The summed E-state index contributed by atoms with van der Waals surface area (Å²) in [4.78, 5) is 34.9. The molecule has 2 amide bonds. The average Bonchev–Trinajstić information content (AvgIpc) is 2.93. The second kappa shape index (κ2) is 5.16. The molecule has 3 N–H and O–H groups in total. The summed E-state index contributed by atoms with van der Waals surface area (Å²) >= 11 is 0. The Labute approximate surface area is 99.8 Å². The van der Waals surface area contributed by atoms with E-state index >= 15 is 0 Å². The van der Waals surface area contributed by atoms with E-state index in [1.165, 1.54) is 4.90 Å². The van der Waals surface area contributed by atoms with Crippen molar-refractivity contribution in [2.45, 2.75) is 20.3 Å². The highest BCUT2D eigenvalue weighted by Gasteiger charge is 2.49. The fourth-order valence-electron chi connectivity index (χ4n) is 1.84. The second-order valence-electron chi connectivity index (χ2n) is 4.87. The molecule has 6 nitrogen and oxygen atoms in total. The minimum atomic E-state index is -0.952. The summed E-state index contributed by atoms with van der Waals surface area (Å²) in [6.07, 6.45) is 0.363. The molecule has 0 heterocycles. The molecule has 0 bridgehead atoms. The lowest BCUT2D eigenvalue weighted by Gasteiger charge is -2.23. The molecule has 0 saturated heterocycles. The molecule has 1 saturated carbocycles. The molecule has 0 aromatic heterocycles. The first-order valence-corrected chi connectivity index (χ1v) is 5.62. The number of amides is 2. The first-order valence-electron chi connectivity index (χ1n) is 5.62. The Morgan fingerprint density at radius 2 is 1.94 bits per heavy atom. The number of nitrogens with zero attached hydrogens (tertiary/aromatic N) is 1. The number of hydrogen-bond donors (Lipinski definition) is 2. The van der Waals surface area contributed by atoms with Gasteiger partial charge in [-0.15, -0.1) is 0 Å². The standard InChI is InChI=1S/C11H18N2O4/c1-6(2)4-13(5-9(12)14)10(15)7-3-8(7)11(16)17/h6-8H,3-5H2,1-2H3,(H2,12,14)(H,16,17)/t7-,8+/m1/s1. The molecular formula is C11H18N2O4. The predicted molar refractivity (Wildman–Crippen MR) is 59.8 cm³/mol. The van der Waals surface area contributed by atoms with Gasteiger partial charge in [-0.3, -0.25) is 14.4 Å². The molecule has 0 aromatic carbocycles. The van der Waals surface area contributed by atoms with E-state index in [9.17, 15) is 14.4 Å². The van der Waals surface area contributed by atoms with Crippen LogP contribution in [0.5, 0.6) is 0 Å². The zero-order valence-electron chi connectivity index (χ0n) is 10.0. The molecule has 0 aliphatic heterocycles. The Balaban J connectivity index is 2.61. The highest BCUT2D eigenvalue weighted by Crippen LogP contribution is 2.40. The van der Waals surface area contributed by atoms with E-state index in [4.69, 9.17) is 10.8 Å². The van der Waals surface area contributed by atoms with Gasteiger partial charge in [0.25, 0.3) is 0 Å². The van der Waals surface area contributed by atoms with Crippen molar-refractivity contribution in [3.63, 3.8) is 0 Å². The van der Waals surface area contributed by atoms with Gasteiger partial charge in [-0.05, 0) is 12.3 Å². The van der Waals surface area contributed by atoms with Gasteiger partial charge in [0.1, 0.15) is 0 Å². The van der Waals surface area contributed by atoms with Gasteiger partial charge in [0.2, 0.25) is 11.8 Å². The van der Waals surface area contributed by atoms with E-state index in [1.807, 2.05) is 13.8 Å². The van der Waals surface area contributed by atoms with Crippen molar-refractivity contribution in [3.8, 4) is 0 Å². The third-order valence-electron chi connectivity index (χ3n) is 2.67. The van der Waals surface area contributed by atoms with Crippen molar-refractivity contribution in [1.82, 2.24) is 4.90 Å². The number of hydrogen-bond acceptors (Lipinski definition) is 3. The number of carboxylic acids is 1. The van der Waals surface area contributed by atoms with E-state index in [0.29, 0.717) is 13.0 Å². The van der Waals surface area contributed by atoms with E-state index < -0.39 is 23.7 Å². The summed E-state index contributed by atoms with van der Waals surface area (Å²) in [5.41, 5.74) is 5.07. The number of aliphatic carboxylic acids is 1. The maximum Gasteiger partial charge on any atom is 0.307 e. The normalized spacial score (nSPS) is 22.3. The smallest absolute Gasteiger partial charge is 0.307 e. The predicted octanol–water partition coefficient (Wildman–Crippen LogP) is -0.323. The van der Waals surface area contributed by atoms with Crippen molar-refractivity contribution in [2.75, 3.05) is 13.1 Å². The number of carboxylic acid groups (broad SMARTS) is 1. The first-order chi connectivity index (χ1) is 7.82. The van der Waals surface area contributed by atoms with Gasteiger partial charge >= 0.3 is 5.97 Å². The molecule has 0 unspecified atom stereocenters. The van der Waals surface area contributed by atoms with Gasteiger partial charge in [-0.1, -0.05) is 13.8 Å². The zero-order valence-corrected chi connectivity index (χ0v) is 10.0. The van der Waals surface area contributed by atoms with Gasteiger partial charge in [0.05, 0.1) is 18.4 Å². The Morgan fingerprint density at radius 1 is 1.35 bits per heavy atom. The average molecular weight is 242 g/mol. The molecule has 1 aliphatic carbocycles. The van der Waals surface area contributed by atoms with Gasteiger partial charge in [-0.2, -0.15) is 0 Å². The summed E-state index contributed by atoms with van der Waals surface area (Å²) in [6.45, 7) is 4.12. The largest absolute Gasteiger partial charge is 0.481 e. The van der Waals surface area contributed by atoms with Crippen LogP contribution in [0.1, 0.15) is 20.3 Å². The zero-order chi connectivity index (χ0) is 13.2. The van der Waals surface area contributed by atoms with Crippen molar-refractivity contribution in [2.24, 2.45) is 23.5 Å². The molecule has 0 spiro atoms. The van der Waals surface area contributed by atoms with Gasteiger partial charge in [0, 0.05) is 6.54 Å². The summed E-state index contributed by atoms with van der Waals surface area (Å²) < 4.78 is 0. The van der Waals surface area contributed by atoms with Crippen molar-refractivity contribution < 1.29 is 19.5 Å². The van der Waals surface area contributed by atoms with Crippen LogP contribution in [0, 0.1) is 17.8 Å². The Kier molecular flexibility index (Phi) is 4.09. The number of carbonyl (C=O) groups is 3. The van der Waals surface area contributed by atoms with Crippen molar-refractivity contribution in [1.29, 1.82) is 0 Å². The Bertz CT molecular complexity index is 340. The summed E-state index contributed by atoms with van der Waals surface area (Å²) in [7, 11) is 0. The van der Waals surface area contributed by atoms with Crippen LogP contribution >= 0.6 is 0 Å². The maximum atomic E-state index is 11.9. The molecular weight excluding hydrogens is 224 g/mol. The van der Waals surface area contributed by atoms with Crippen LogP contribution in [0.3, 0.4) is 0 Å². The first kappa shape index (κ1) is 13.5. The van der Waals surface area contributed by atoms with E-state index in [2.05, 4.69) is 0 Å². The van der Waals surface area contributed by atoms with Gasteiger partial charge in [-0.25, -0.2) is 0 Å². The second-order valence-corrected chi connectivity index (χ2v) is 4.87. The molecule has 1 fully saturated rings. The molecule has 0 aromatic rings. The lowest BCUT2D eigenvalue weighted by Crippen LogP contribution is -2.41. The molecule has 2 atom stereocenters. The lowest BCUT2D eigenvalue weighted by molar-refractivity contribution is -0.142. The fourth-order valence-corrected chi connectivity index (χ4v) is 1.84. The molecule has 96 valence electrons. The van der Waals surface area contributed by atoms with Gasteiger partial charge in [0.15, 0.2) is 0 Å². The lowest BCUT2D eigenvalue weighted by atomic mass is 10.2. The minimum absolute atomic E-state index is 0.139. The van der Waals surface area contributed by atoms with Crippen LogP contribution in [0.4, 0.5) is 0 Å². The third kappa shape index (κ3) is 3.72. The SMILES string of the molecule is CC(C)CN(CC(N)=O)C(=O)[C@@H]1C[C@@H]1C(=O)O. The molecule has 6 heteroatoms. The van der Waals surface area contributed by atoms with E-state index in [1.54, 1.807) is 0 Å². The Hall–Kier alpha value is -1.59. The highest BCUT2D eigenvalue weighted by atomic mass is 16.4. The Morgan fingerprint density at radius 3 is 2.29 bits per heavy atom. The molecule has 1 rings (SSSR count). The number of carbonyl (C=O) groups excluding carboxylic acids is 2. The van der Waals surface area contributed by atoms with Crippen molar-refractivity contribution >= 4 is 17.8 Å². The van der Waals surface area contributed by atoms with Crippen LogP contribution in [-0.2, 0) is 14.4 Å². The van der Waals surface area contributed by atoms with Crippen molar-refractivity contribution in [3.05, 3.63) is 0 Å². The number of primary amides is 1. The molecule has 0 radical (unpaired) electrons. The minimum Gasteiger partial charge on any atom is -0.481 e. The monoisotopic (exact) mass is 242 g/mol. The molecule has 1 aliphatic rings.